The van der Waals surface area contributed by atoms with Crippen molar-refractivity contribution in [3.63, 3.8) is 0 Å². The van der Waals surface area contributed by atoms with E-state index >= 15 is 0 Å². The largest absolute Gasteiger partial charge is 0.366 e. The standard InChI is InChI=1S/C18H21BrFN3/c1-5-22(3)12-21-18-15(20)11-16(13(2)17(18)19)23(4)14-9-7-6-8-10-14/h6-12H,5H2,1-4H3. The highest BCUT2D eigenvalue weighted by atomic mass is 79.9. The van der Waals surface area contributed by atoms with Crippen LogP contribution in [-0.2, 0) is 0 Å². The Hall–Kier alpha value is -1.88. The van der Waals surface area contributed by atoms with Crippen LogP contribution in [0.4, 0.5) is 21.5 Å². The average molecular weight is 378 g/mol. The second-order valence-electron chi connectivity index (χ2n) is 5.38. The predicted molar refractivity (Wildman–Crippen MR) is 99.8 cm³/mol. The highest BCUT2D eigenvalue weighted by Crippen LogP contribution is 2.39. The van der Waals surface area contributed by atoms with E-state index in [1.54, 1.807) is 6.34 Å². The summed E-state index contributed by atoms with van der Waals surface area (Å²) in [6.45, 7) is 4.79. The fourth-order valence-corrected chi connectivity index (χ4v) is 2.68. The normalized spacial score (nSPS) is 11.0. The highest BCUT2D eigenvalue weighted by molar-refractivity contribution is 9.10. The molecule has 0 atom stereocenters. The predicted octanol–water partition coefficient (Wildman–Crippen LogP) is 5.28. The van der Waals surface area contributed by atoms with Gasteiger partial charge < -0.3 is 9.80 Å². The number of nitrogens with zero attached hydrogens (tertiary/aromatic N) is 3. The van der Waals surface area contributed by atoms with Crippen LogP contribution >= 0.6 is 15.9 Å². The van der Waals surface area contributed by atoms with Gasteiger partial charge >= 0.3 is 0 Å². The number of rotatable bonds is 5. The summed E-state index contributed by atoms with van der Waals surface area (Å²) in [5.41, 5.74) is 3.09. The number of aliphatic imine (C=N–C) groups is 1. The first-order chi connectivity index (χ1) is 11.0. The van der Waals surface area contributed by atoms with Crippen LogP contribution in [0.5, 0.6) is 0 Å². The van der Waals surface area contributed by atoms with Crippen molar-refractivity contribution in [3.05, 3.63) is 52.3 Å². The molecule has 0 saturated heterocycles. The van der Waals surface area contributed by atoms with Gasteiger partial charge in [-0.1, -0.05) is 18.2 Å². The topological polar surface area (TPSA) is 18.8 Å². The number of hydrogen-bond acceptors (Lipinski definition) is 2. The summed E-state index contributed by atoms with van der Waals surface area (Å²) in [6.07, 6.45) is 1.64. The van der Waals surface area contributed by atoms with Crippen molar-refractivity contribution in [2.24, 2.45) is 4.99 Å². The Morgan fingerprint density at radius 3 is 2.48 bits per heavy atom. The maximum atomic E-state index is 14.5. The van der Waals surface area contributed by atoms with Crippen LogP contribution < -0.4 is 4.90 Å². The molecule has 0 aliphatic heterocycles. The van der Waals surface area contributed by atoms with Crippen LogP contribution in [0, 0.1) is 12.7 Å². The van der Waals surface area contributed by atoms with E-state index in [-0.39, 0.29) is 5.82 Å². The molecule has 5 heteroatoms. The molecule has 0 radical (unpaired) electrons. The Morgan fingerprint density at radius 2 is 1.87 bits per heavy atom. The SMILES string of the molecule is CCN(C)C=Nc1c(F)cc(N(C)c2ccccc2)c(C)c1Br. The van der Waals surface area contributed by atoms with E-state index in [0.717, 1.165) is 23.5 Å². The van der Waals surface area contributed by atoms with Crippen LogP contribution in [0.1, 0.15) is 12.5 Å². The summed E-state index contributed by atoms with van der Waals surface area (Å²) < 4.78 is 15.2. The van der Waals surface area contributed by atoms with Crippen molar-refractivity contribution in [1.82, 2.24) is 4.90 Å². The van der Waals surface area contributed by atoms with Crippen molar-refractivity contribution in [2.75, 3.05) is 25.5 Å². The minimum absolute atomic E-state index is 0.327. The lowest BCUT2D eigenvalue weighted by atomic mass is 10.1. The molecular weight excluding hydrogens is 357 g/mol. The minimum Gasteiger partial charge on any atom is -0.366 e. The highest BCUT2D eigenvalue weighted by Gasteiger charge is 2.16. The quantitative estimate of drug-likeness (QED) is 0.521. The molecule has 0 bridgehead atoms. The molecule has 0 saturated carbocycles. The van der Waals surface area contributed by atoms with Crippen molar-refractivity contribution < 1.29 is 4.39 Å². The first kappa shape index (κ1) is 17.5. The van der Waals surface area contributed by atoms with Gasteiger partial charge in [0.1, 0.15) is 5.69 Å². The summed E-state index contributed by atoms with van der Waals surface area (Å²) in [4.78, 5) is 8.13. The van der Waals surface area contributed by atoms with E-state index in [2.05, 4.69) is 20.9 Å². The molecule has 122 valence electrons. The Labute approximate surface area is 145 Å². The molecule has 23 heavy (non-hydrogen) atoms. The molecule has 0 amide bonds. The van der Waals surface area contributed by atoms with Gasteiger partial charge in [0.2, 0.25) is 0 Å². The van der Waals surface area contributed by atoms with Crippen molar-refractivity contribution >= 4 is 39.3 Å². The van der Waals surface area contributed by atoms with Gasteiger partial charge in [-0.2, -0.15) is 0 Å². The van der Waals surface area contributed by atoms with Gasteiger partial charge in [-0.25, -0.2) is 9.38 Å². The first-order valence-electron chi connectivity index (χ1n) is 7.47. The van der Waals surface area contributed by atoms with Crippen LogP contribution in [-0.4, -0.2) is 31.9 Å². The molecule has 0 aliphatic rings. The van der Waals surface area contributed by atoms with E-state index < -0.39 is 0 Å². The van der Waals surface area contributed by atoms with Crippen molar-refractivity contribution in [3.8, 4) is 0 Å². The number of benzene rings is 2. The van der Waals surface area contributed by atoms with Crippen molar-refractivity contribution in [1.29, 1.82) is 0 Å². The second-order valence-corrected chi connectivity index (χ2v) is 6.17. The molecular formula is C18H21BrFN3. The summed E-state index contributed by atoms with van der Waals surface area (Å²) in [5.74, 6) is -0.346. The minimum atomic E-state index is -0.346. The fraction of sp³-hybridized carbons (Fsp3) is 0.278. The van der Waals surface area contributed by atoms with Gasteiger partial charge in [-0.3, -0.25) is 0 Å². The van der Waals surface area contributed by atoms with E-state index in [1.165, 1.54) is 6.07 Å². The lowest BCUT2D eigenvalue weighted by molar-refractivity contribution is 0.551. The van der Waals surface area contributed by atoms with Crippen LogP contribution in [0.3, 0.4) is 0 Å². The number of para-hydroxylation sites is 1. The third-order valence-electron chi connectivity index (χ3n) is 3.80. The smallest absolute Gasteiger partial charge is 0.152 e. The van der Waals surface area contributed by atoms with Crippen LogP contribution in [0.15, 0.2) is 45.9 Å². The zero-order valence-electron chi connectivity index (χ0n) is 13.8. The summed E-state index contributed by atoms with van der Waals surface area (Å²) in [5, 5.41) is 0. The van der Waals surface area contributed by atoms with E-state index in [1.807, 2.05) is 68.1 Å². The maximum Gasteiger partial charge on any atom is 0.152 e. The molecule has 0 aromatic heterocycles. The third kappa shape index (κ3) is 3.91. The lowest BCUT2D eigenvalue weighted by Crippen LogP contribution is -2.14. The maximum absolute atomic E-state index is 14.5. The first-order valence-corrected chi connectivity index (χ1v) is 8.26. The van der Waals surface area contributed by atoms with Gasteiger partial charge in [-0.15, -0.1) is 0 Å². The summed E-state index contributed by atoms with van der Waals surface area (Å²) >= 11 is 3.50. The number of anilines is 2. The summed E-state index contributed by atoms with van der Waals surface area (Å²) in [6, 6.07) is 11.4. The van der Waals surface area contributed by atoms with Crippen LogP contribution in [0.2, 0.25) is 0 Å². The van der Waals surface area contributed by atoms with E-state index in [4.69, 9.17) is 0 Å². The zero-order valence-corrected chi connectivity index (χ0v) is 15.4. The van der Waals surface area contributed by atoms with Crippen LogP contribution in [0.25, 0.3) is 0 Å². The van der Waals surface area contributed by atoms with Gasteiger partial charge in [0.05, 0.1) is 10.8 Å². The number of hydrogen-bond donors (Lipinski definition) is 0. The van der Waals surface area contributed by atoms with Gasteiger partial charge in [0.25, 0.3) is 0 Å². The molecule has 0 aliphatic carbocycles. The van der Waals surface area contributed by atoms with Gasteiger partial charge in [0.15, 0.2) is 5.82 Å². The summed E-state index contributed by atoms with van der Waals surface area (Å²) in [7, 11) is 3.83. The third-order valence-corrected chi connectivity index (χ3v) is 4.77. The molecule has 0 spiro atoms. The molecule has 0 unspecified atom stereocenters. The second kappa shape index (κ2) is 7.59. The molecule has 0 N–H and O–H groups in total. The van der Waals surface area contributed by atoms with Gasteiger partial charge in [0, 0.05) is 38.1 Å². The number of halogens is 2. The average Bonchev–Trinajstić information content (AvgIpc) is 2.57. The van der Waals surface area contributed by atoms with Crippen molar-refractivity contribution in [2.45, 2.75) is 13.8 Å². The Bertz CT molecular complexity index is 701. The Kier molecular flexibility index (Phi) is 5.77. The zero-order chi connectivity index (χ0) is 17.0. The van der Waals surface area contributed by atoms with E-state index in [0.29, 0.717) is 10.2 Å². The molecule has 2 rings (SSSR count). The Morgan fingerprint density at radius 1 is 1.22 bits per heavy atom. The fourth-order valence-electron chi connectivity index (χ4n) is 2.19. The van der Waals surface area contributed by atoms with Gasteiger partial charge in [-0.05, 0) is 47.5 Å². The van der Waals surface area contributed by atoms with E-state index in [9.17, 15) is 4.39 Å². The molecule has 3 nitrogen and oxygen atoms in total. The molecule has 2 aromatic carbocycles. The molecule has 0 fully saturated rings. The monoisotopic (exact) mass is 377 g/mol. The Balaban J connectivity index is 2.43. The molecule has 2 aromatic rings. The molecule has 0 heterocycles. The lowest BCUT2D eigenvalue weighted by Gasteiger charge is -2.23.